The fourth-order valence-electron chi connectivity index (χ4n) is 1.91. The van der Waals surface area contributed by atoms with Gasteiger partial charge in [0, 0.05) is 5.56 Å². The Bertz CT molecular complexity index is 773. The number of nitriles is 1. The number of hydrogen-bond donors (Lipinski definition) is 0. The average molecular weight is 316 g/mol. The first-order valence-electron chi connectivity index (χ1n) is 6.20. The normalized spacial score (nSPS) is 11.0. The molecule has 0 aromatic heterocycles. The summed E-state index contributed by atoms with van der Waals surface area (Å²) in [5.41, 5.74) is 1.89. The van der Waals surface area contributed by atoms with E-state index in [4.69, 9.17) is 23.2 Å². The minimum atomic E-state index is -0.327. The monoisotopic (exact) mass is 315 g/mol. The number of nitrogens with zero attached hydrogens (tertiary/aromatic N) is 1. The molecule has 0 saturated heterocycles. The molecule has 0 saturated carbocycles. The van der Waals surface area contributed by atoms with Crippen molar-refractivity contribution in [3.05, 3.63) is 74.8 Å². The molecule has 0 bridgehead atoms. The minimum Gasteiger partial charge on any atom is -0.288 e. The molecule has 0 atom stereocenters. The number of hydrogen-bond acceptors (Lipinski definition) is 2. The van der Waals surface area contributed by atoms with Crippen molar-refractivity contribution < 1.29 is 4.79 Å². The molecule has 0 aliphatic carbocycles. The van der Waals surface area contributed by atoms with Crippen LogP contribution in [0.25, 0.3) is 6.08 Å². The van der Waals surface area contributed by atoms with Crippen LogP contribution in [-0.4, -0.2) is 5.78 Å². The lowest BCUT2D eigenvalue weighted by Gasteiger charge is -2.05. The maximum Gasteiger partial charge on any atom is 0.203 e. The summed E-state index contributed by atoms with van der Waals surface area (Å²) in [5.74, 6) is -0.327. The zero-order chi connectivity index (χ0) is 15.4. The summed E-state index contributed by atoms with van der Waals surface area (Å²) in [6.45, 7) is 1.83. The van der Waals surface area contributed by atoms with Gasteiger partial charge in [0.15, 0.2) is 0 Å². The first kappa shape index (κ1) is 15.3. The summed E-state index contributed by atoms with van der Waals surface area (Å²) in [7, 11) is 0. The molecule has 0 aliphatic rings. The second-order valence-corrected chi connectivity index (χ2v) is 5.24. The number of aryl methyl sites for hydroxylation is 1. The van der Waals surface area contributed by atoms with E-state index in [2.05, 4.69) is 0 Å². The maximum absolute atomic E-state index is 12.4. The van der Waals surface area contributed by atoms with Crippen LogP contribution in [0, 0.1) is 18.3 Å². The van der Waals surface area contributed by atoms with E-state index in [1.54, 1.807) is 30.3 Å². The third kappa shape index (κ3) is 3.33. The van der Waals surface area contributed by atoms with Crippen molar-refractivity contribution in [3.8, 4) is 6.07 Å². The van der Waals surface area contributed by atoms with E-state index in [0.29, 0.717) is 21.2 Å². The molecule has 0 fully saturated rings. The van der Waals surface area contributed by atoms with Crippen LogP contribution >= 0.6 is 23.2 Å². The first-order valence-corrected chi connectivity index (χ1v) is 6.96. The Morgan fingerprint density at radius 1 is 1.14 bits per heavy atom. The number of halogens is 2. The Labute approximate surface area is 133 Å². The summed E-state index contributed by atoms with van der Waals surface area (Å²) in [5, 5.41) is 9.96. The van der Waals surface area contributed by atoms with E-state index in [1.807, 2.05) is 25.1 Å². The third-order valence-electron chi connectivity index (χ3n) is 3.04. The van der Waals surface area contributed by atoms with Crippen LogP contribution in [-0.2, 0) is 0 Å². The van der Waals surface area contributed by atoms with Crippen molar-refractivity contribution in [1.82, 2.24) is 0 Å². The Balaban J connectivity index is 2.48. The number of carbonyl (C=O) groups is 1. The summed E-state index contributed by atoms with van der Waals surface area (Å²) in [6, 6.07) is 14.1. The number of carbonyl (C=O) groups excluding carboxylic acids is 1. The van der Waals surface area contributed by atoms with E-state index in [0.717, 1.165) is 5.56 Å². The largest absolute Gasteiger partial charge is 0.288 e. The van der Waals surface area contributed by atoms with Crippen molar-refractivity contribution in [2.45, 2.75) is 6.92 Å². The van der Waals surface area contributed by atoms with E-state index in [-0.39, 0.29) is 11.4 Å². The molecule has 0 radical (unpaired) electrons. The summed E-state index contributed by atoms with van der Waals surface area (Å²) in [4.78, 5) is 12.4. The Kier molecular flexibility index (Phi) is 4.80. The number of benzene rings is 2. The second kappa shape index (κ2) is 6.58. The molecule has 0 N–H and O–H groups in total. The zero-order valence-corrected chi connectivity index (χ0v) is 12.7. The van der Waals surface area contributed by atoms with Gasteiger partial charge in [0.1, 0.15) is 11.6 Å². The molecule has 104 valence electrons. The predicted molar refractivity (Wildman–Crippen MR) is 85.6 cm³/mol. The van der Waals surface area contributed by atoms with Gasteiger partial charge < -0.3 is 0 Å². The Morgan fingerprint density at radius 2 is 1.86 bits per heavy atom. The van der Waals surface area contributed by atoms with Crippen molar-refractivity contribution in [1.29, 1.82) is 5.26 Å². The van der Waals surface area contributed by atoms with Crippen LogP contribution in [0.5, 0.6) is 0 Å². The third-order valence-corrected chi connectivity index (χ3v) is 3.87. The van der Waals surface area contributed by atoms with Crippen LogP contribution in [0.3, 0.4) is 0 Å². The summed E-state index contributed by atoms with van der Waals surface area (Å²) in [6.07, 6.45) is 1.46. The van der Waals surface area contributed by atoms with Gasteiger partial charge in [-0.1, -0.05) is 59.6 Å². The van der Waals surface area contributed by atoms with Crippen LogP contribution in [0.2, 0.25) is 10.0 Å². The van der Waals surface area contributed by atoms with Gasteiger partial charge in [-0.3, -0.25) is 4.79 Å². The minimum absolute atomic E-state index is 0.0217. The quantitative estimate of drug-likeness (QED) is 0.449. The first-order chi connectivity index (χ1) is 10.0. The SMILES string of the molecule is Cc1ccccc1C(=O)/C(C#N)=C/c1cccc(Cl)c1Cl. The average Bonchev–Trinajstić information content (AvgIpc) is 2.48. The lowest BCUT2D eigenvalue weighted by molar-refractivity contribution is 0.103. The Hall–Kier alpha value is -2.08. The van der Waals surface area contributed by atoms with Crippen molar-refractivity contribution >= 4 is 35.1 Å². The predicted octanol–water partition coefficient (Wildman–Crippen LogP) is 5.09. The fraction of sp³-hybridized carbons (Fsp3) is 0.0588. The van der Waals surface area contributed by atoms with E-state index in [1.165, 1.54) is 6.08 Å². The fourth-order valence-corrected chi connectivity index (χ4v) is 2.27. The summed E-state index contributed by atoms with van der Waals surface area (Å²) < 4.78 is 0. The molecule has 4 heteroatoms. The van der Waals surface area contributed by atoms with Gasteiger partial charge in [-0.15, -0.1) is 0 Å². The van der Waals surface area contributed by atoms with Crippen LogP contribution in [0.1, 0.15) is 21.5 Å². The highest BCUT2D eigenvalue weighted by Gasteiger charge is 2.15. The van der Waals surface area contributed by atoms with Crippen molar-refractivity contribution in [2.75, 3.05) is 0 Å². The van der Waals surface area contributed by atoms with Crippen molar-refractivity contribution in [2.24, 2.45) is 0 Å². The molecule has 2 aromatic rings. The second-order valence-electron chi connectivity index (χ2n) is 4.46. The molecule has 21 heavy (non-hydrogen) atoms. The lowest BCUT2D eigenvalue weighted by Crippen LogP contribution is -2.04. The number of Topliss-reactive ketones (excluding diaryl/α,β-unsaturated/α-hetero) is 1. The van der Waals surface area contributed by atoms with E-state index in [9.17, 15) is 10.1 Å². The molecule has 0 aliphatic heterocycles. The number of rotatable bonds is 3. The molecule has 0 unspecified atom stereocenters. The van der Waals surface area contributed by atoms with Gasteiger partial charge in [0.2, 0.25) is 5.78 Å². The highest BCUT2D eigenvalue weighted by Crippen LogP contribution is 2.27. The van der Waals surface area contributed by atoms with Crippen LogP contribution in [0.15, 0.2) is 48.0 Å². The van der Waals surface area contributed by atoms with Gasteiger partial charge in [0.05, 0.1) is 10.0 Å². The molecule has 0 amide bonds. The van der Waals surface area contributed by atoms with Gasteiger partial charge in [-0.25, -0.2) is 0 Å². The van der Waals surface area contributed by atoms with Crippen molar-refractivity contribution in [3.63, 3.8) is 0 Å². The van der Waals surface area contributed by atoms with Gasteiger partial charge >= 0.3 is 0 Å². The number of allylic oxidation sites excluding steroid dienone is 1. The zero-order valence-electron chi connectivity index (χ0n) is 11.2. The molecule has 2 aromatic carbocycles. The summed E-state index contributed by atoms with van der Waals surface area (Å²) >= 11 is 12.0. The highest BCUT2D eigenvalue weighted by atomic mass is 35.5. The van der Waals surface area contributed by atoms with Gasteiger partial charge in [0.25, 0.3) is 0 Å². The molecule has 2 nitrogen and oxygen atoms in total. The molecular weight excluding hydrogens is 305 g/mol. The molecule has 2 rings (SSSR count). The molecule has 0 spiro atoms. The van der Waals surface area contributed by atoms with E-state index >= 15 is 0 Å². The lowest BCUT2D eigenvalue weighted by atomic mass is 9.98. The standard InChI is InChI=1S/C17H11Cl2NO/c1-11-5-2-3-7-14(11)17(21)13(10-20)9-12-6-4-8-15(18)16(12)19/h2-9H,1H3/b13-9+. The topological polar surface area (TPSA) is 40.9 Å². The number of ketones is 1. The molecular formula is C17H11Cl2NO. The Morgan fingerprint density at radius 3 is 2.52 bits per heavy atom. The maximum atomic E-state index is 12.4. The van der Waals surface area contributed by atoms with Crippen LogP contribution in [0.4, 0.5) is 0 Å². The molecule has 0 heterocycles. The van der Waals surface area contributed by atoms with Gasteiger partial charge in [-0.05, 0) is 30.2 Å². The smallest absolute Gasteiger partial charge is 0.203 e. The van der Waals surface area contributed by atoms with E-state index < -0.39 is 0 Å². The van der Waals surface area contributed by atoms with Crippen LogP contribution < -0.4 is 0 Å². The van der Waals surface area contributed by atoms with Gasteiger partial charge in [-0.2, -0.15) is 5.26 Å². The highest BCUT2D eigenvalue weighted by molar-refractivity contribution is 6.43.